The molecule has 212 valence electrons. The second kappa shape index (κ2) is 12.3. The van der Waals surface area contributed by atoms with E-state index in [4.69, 9.17) is 14.5 Å². The molecule has 1 N–H and O–H groups in total. The highest BCUT2D eigenvalue weighted by Gasteiger charge is 2.34. The summed E-state index contributed by atoms with van der Waals surface area (Å²) in [5.74, 6) is 0.484. The van der Waals surface area contributed by atoms with Crippen LogP contribution in [0.15, 0.2) is 60.7 Å². The lowest BCUT2D eigenvalue weighted by Crippen LogP contribution is -2.44. The summed E-state index contributed by atoms with van der Waals surface area (Å²) < 4.78 is 66.7. The van der Waals surface area contributed by atoms with E-state index in [-0.39, 0.29) is 5.75 Å². The zero-order valence-electron chi connectivity index (χ0n) is 22.3. The fraction of sp³-hybridized carbons (Fsp3) is 0.367. The molecule has 0 radical (unpaired) electrons. The Morgan fingerprint density at radius 3 is 2.35 bits per heavy atom. The van der Waals surface area contributed by atoms with Gasteiger partial charge in [-0.25, -0.2) is 9.37 Å². The molecule has 6 nitrogen and oxygen atoms in total. The largest absolute Gasteiger partial charge is 0.492 e. The van der Waals surface area contributed by atoms with Crippen molar-refractivity contribution in [3.8, 4) is 28.6 Å². The smallest absolute Gasteiger partial charge is 0.419 e. The molecule has 2 heterocycles. The molecule has 0 unspecified atom stereocenters. The Bertz CT molecular complexity index is 1430. The van der Waals surface area contributed by atoms with E-state index < -0.39 is 17.6 Å². The maximum Gasteiger partial charge on any atom is 0.419 e. The Kier molecular flexibility index (Phi) is 8.56. The molecule has 1 aromatic heterocycles. The third-order valence-electron chi connectivity index (χ3n) is 6.93. The third kappa shape index (κ3) is 6.56. The van der Waals surface area contributed by atoms with Crippen molar-refractivity contribution in [2.24, 2.45) is 0 Å². The van der Waals surface area contributed by atoms with Crippen LogP contribution in [0.5, 0.6) is 17.2 Å². The molecule has 1 aliphatic rings. The van der Waals surface area contributed by atoms with E-state index in [0.717, 1.165) is 86.3 Å². The minimum atomic E-state index is -4.80. The number of aromatic nitrogens is 2. The number of ether oxygens (including phenoxy) is 2. The van der Waals surface area contributed by atoms with Crippen molar-refractivity contribution in [3.63, 3.8) is 0 Å². The number of piperazine rings is 1. The van der Waals surface area contributed by atoms with E-state index >= 15 is 0 Å². The van der Waals surface area contributed by atoms with Crippen LogP contribution in [0.25, 0.3) is 22.4 Å². The minimum Gasteiger partial charge on any atom is -0.492 e. The number of hydrogen-bond donors (Lipinski definition) is 1. The highest BCUT2D eigenvalue weighted by atomic mass is 19.4. The Hall–Kier alpha value is -3.63. The Balaban J connectivity index is 1.34. The van der Waals surface area contributed by atoms with Gasteiger partial charge >= 0.3 is 6.18 Å². The van der Waals surface area contributed by atoms with Crippen molar-refractivity contribution in [1.82, 2.24) is 19.8 Å². The predicted octanol–water partition coefficient (Wildman–Crippen LogP) is 6.74. The lowest BCUT2D eigenvalue weighted by molar-refractivity contribution is -0.140. The van der Waals surface area contributed by atoms with Gasteiger partial charge in [0.25, 0.3) is 0 Å². The van der Waals surface area contributed by atoms with Gasteiger partial charge in [0.1, 0.15) is 35.5 Å². The first kappa shape index (κ1) is 27.9. The predicted molar refractivity (Wildman–Crippen MR) is 146 cm³/mol. The molecule has 10 heteroatoms. The zero-order chi connectivity index (χ0) is 28.1. The number of alkyl halides is 3. The molecule has 1 fully saturated rings. The first-order chi connectivity index (χ1) is 19.3. The van der Waals surface area contributed by atoms with Gasteiger partial charge in [-0.05, 0) is 61.0 Å². The van der Waals surface area contributed by atoms with Gasteiger partial charge in [0.15, 0.2) is 0 Å². The fourth-order valence-corrected chi connectivity index (χ4v) is 4.78. The summed E-state index contributed by atoms with van der Waals surface area (Å²) in [5, 5.41) is 3.36. The second-order valence-electron chi connectivity index (χ2n) is 9.80. The van der Waals surface area contributed by atoms with Crippen molar-refractivity contribution in [2.45, 2.75) is 32.5 Å². The van der Waals surface area contributed by atoms with E-state index in [1.807, 2.05) is 30.3 Å². The van der Waals surface area contributed by atoms with E-state index in [9.17, 15) is 17.6 Å². The van der Waals surface area contributed by atoms with Crippen LogP contribution in [0, 0.1) is 5.82 Å². The van der Waals surface area contributed by atoms with Crippen LogP contribution in [0.2, 0.25) is 0 Å². The first-order valence-electron chi connectivity index (χ1n) is 13.5. The molecular weight excluding hydrogens is 524 g/mol. The van der Waals surface area contributed by atoms with Crippen LogP contribution < -0.4 is 14.8 Å². The number of nitrogens with zero attached hydrogens (tertiary/aromatic N) is 3. The average Bonchev–Trinajstić information content (AvgIpc) is 3.31. The van der Waals surface area contributed by atoms with Crippen molar-refractivity contribution in [3.05, 3.63) is 72.0 Å². The number of nitrogens with one attached hydrogen (secondary N) is 1. The number of benzene rings is 3. The van der Waals surface area contributed by atoms with Crippen LogP contribution in [-0.2, 0) is 12.7 Å². The maximum absolute atomic E-state index is 13.6. The lowest BCUT2D eigenvalue weighted by Gasteiger charge is -2.26. The second-order valence-corrected chi connectivity index (χ2v) is 9.80. The van der Waals surface area contributed by atoms with Crippen molar-refractivity contribution >= 4 is 11.0 Å². The van der Waals surface area contributed by atoms with Gasteiger partial charge in [0, 0.05) is 50.9 Å². The molecule has 0 bridgehead atoms. The van der Waals surface area contributed by atoms with Gasteiger partial charge in [-0.15, -0.1) is 0 Å². The Labute approximate surface area is 230 Å². The fourth-order valence-electron chi connectivity index (χ4n) is 4.78. The summed E-state index contributed by atoms with van der Waals surface area (Å²) in [7, 11) is 0. The van der Waals surface area contributed by atoms with E-state index in [0.29, 0.717) is 18.4 Å². The summed E-state index contributed by atoms with van der Waals surface area (Å²) in [6.07, 6.45) is -2.81. The van der Waals surface area contributed by atoms with Crippen LogP contribution in [0.3, 0.4) is 0 Å². The SMILES string of the molecule is CCCCn1c(-c2ccc(Oc3ccc(F)c(C(F)(F)F)c3)cc2)nc2ccc(OCCN3CCNCC3)cc21. The molecule has 1 aliphatic heterocycles. The lowest BCUT2D eigenvalue weighted by atomic mass is 10.2. The third-order valence-corrected chi connectivity index (χ3v) is 6.93. The quantitative estimate of drug-likeness (QED) is 0.219. The number of halogens is 4. The molecule has 5 rings (SSSR count). The number of fused-ring (bicyclic) bond motifs is 1. The standard InChI is InChI=1S/C30H32F4N4O2/c1-2-3-14-38-28-20-23(39-18-17-37-15-12-35-13-16-37)9-11-27(28)36-29(38)21-4-6-22(7-5-21)40-24-8-10-26(31)25(19-24)30(32,33)34/h4-11,19-20,35H,2-3,12-18H2,1H3. The molecule has 0 spiro atoms. The number of aryl methyl sites for hydroxylation is 1. The zero-order valence-corrected chi connectivity index (χ0v) is 22.3. The molecule has 3 aromatic carbocycles. The van der Waals surface area contributed by atoms with Crippen LogP contribution >= 0.6 is 0 Å². The van der Waals surface area contributed by atoms with Gasteiger partial charge in [0.05, 0.1) is 16.6 Å². The van der Waals surface area contributed by atoms with E-state index in [1.165, 1.54) is 6.07 Å². The van der Waals surface area contributed by atoms with Gasteiger partial charge < -0.3 is 19.4 Å². The van der Waals surface area contributed by atoms with Crippen molar-refractivity contribution in [2.75, 3.05) is 39.3 Å². The van der Waals surface area contributed by atoms with Gasteiger partial charge in [-0.3, -0.25) is 4.90 Å². The summed E-state index contributed by atoms with van der Waals surface area (Å²) in [6, 6.07) is 15.5. The summed E-state index contributed by atoms with van der Waals surface area (Å²) in [5.41, 5.74) is 1.32. The summed E-state index contributed by atoms with van der Waals surface area (Å²) in [6.45, 7) is 8.46. The monoisotopic (exact) mass is 556 g/mol. The number of unbranched alkanes of at least 4 members (excludes halogenated alkanes) is 1. The van der Waals surface area contributed by atoms with E-state index in [1.54, 1.807) is 12.1 Å². The van der Waals surface area contributed by atoms with Crippen molar-refractivity contribution in [1.29, 1.82) is 0 Å². The number of imidazole rings is 1. The normalized spacial score (nSPS) is 14.5. The molecule has 0 aliphatic carbocycles. The van der Waals surface area contributed by atoms with Crippen LogP contribution in [0.1, 0.15) is 25.3 Å². The van der Waals surface area contributed by atoms with Crippen LogP contribution in [-0.4, -0.2) is 53.8 Å². The molecule has 4 aromatic rings. The molecule has 0 saturated carbocycles. The highest BCUT2D eigenvalue weighted by Crippen LogP contribution is 2.35. The first-order valence-corrected chi connectivity index (χ1v) is 13.5. The van der Waals surface area contributed by atoms with Gasteiger partial charge in [0.2, 0.25) is 0 Å². The summed E-state index contributed by atoms with van der Waals surface area (Å²) in [4.78, 5) is 7.26. The van der Waals surface area contributed by atoms with Crippen molar-refractivity contribution < 1.29 is 27.0 Å². The van der Waals surface area contributed by atoms with Gasteiger partial charge in [-0.1, -0.05) is 13.3 Å². The average molecular weight is 557 g/mol. The molecule has 1 saturated heterocycles. The van der Waals surface area contributed by atoms with Gasteiger partial charge in [-0.2, -0.15) is 13.2 Å². The Morgan fingerprint density at radius 2 is 1.62 bits per heavy atom. The molecule has 40 heavy (non-hydrogen) atoms. The number of hydrogen-bond acceptors (Lipinski definition) is 5. The highest BCUT2D eigenvalue weighted by molar-refractivity contribution is 5.82. The van der Waals surface area contributed by atoms with Crippen LogP contribution in [0.4, 0.5) is 17.6 Å². The molecule has 0 amide bonds. The molecule has 0 atom stereocenters. The minimum absolute atomic E-state index is 0.0962. The Morgan fingerprint density at radius 1 is 0.900 bits per heavy atom. The summed E-state index contributed by atoms with van der Waals surface area (Å²) >= 11 is 0. The number of rotatable bonds is 10. The topological polar surface area (TPSA) is 51.6 Å². The van der Waals surface area contributed by atoms with E-state index in [2.05, 4.69) is 21.7 Å². The molecular formula is C30H32F4N4O2. The maximum atomic E-state index is 13.6.